The molecule has 3 nitrogen and oxygen atoms in total. The van der Waals surface area contributed by atoms with E-state index in [1.54, 1.807) is 28.0 Å². The molecule has 3 rings (SSSR count). The number of fused-ring (bicyclic) bond motifs is 1. The Bertz CT molecular complexity index is 780. The standard InChI is InChI=1S/C17H16N2OS2/c1-19(17(20)12-7-3-5-9-14(12)21-2)11-16-18-13-8-4-6-10-15(13)22-16/h3-10H,11H2,1-2H3. The molecule has 1 aromatic heterocycles. The molecule has 0 N–H and O–H groups in total. The highest BCUT2D eigenvalue weighted by Gasteiger charge is 2.16. The summed E-state index contributed by atoms with van der Waals surface area (Å²) >= 11 is 3.23. The van der Waals surface area contributed by atoms with Gasteiger partial charge in [-0.3, -0.25) is 4.79 Å². The third kappa shape index (κ3) is 3.00. The molecule has 0 atom stereocenters. The van der Waals surface area contributed by atoms with Crippen molar-refractivity contribution in [1.82, 2.24) is 9.88 Å². The van der Waals surface area contributed by atoms with E-state index in [1.807, 2.05) is 55.8 Å². The Hall–Kier alpha value is -1.85. The van der Waals surface area contributed by atoms with Gasteiger partial charge in [-0.1, -0.05) is 24.3 Å². The predicted octanol–water partition coefficient (Wildman–Crippen LogP) is 4.29. The zero-order valence-corrected chi connectivity index (χ0v) is 14.1. The number of nitrogens with zero attached hydrogens (tertiary/aromatic N) is 2. The summed E-state index contributed by atoms with van der Waals surface area (Å²) in [5, 5.41) is 0.957. The van der Waals surface area contributed by atoms with Crippen molar-refractivity contribution in [2.75, 3.05) is 13.3 Å². The number of carbonyl (C=O) groups is 1. The summed E-state index contributed by atoms with van der Waals surface area (Å²) in [4.78, 5) is 20.0. The third-order valence-corrected chi connectivity index (χ3v) is 5.21. The van der Waals surface area contributed by atoms with Crippen molar-refractivity contribution in [3.8, 4) is 0 Å². The Labute approximate surface area is 138 Å². The van der Waals surface area contributed by atoms with Crippen LogP contribution in [0.15, 0.2) is 53.4 Å². The highest BCUT2D eigenvalue weighted by molar-refractivity contribution is 7.98. The van der Waals surface area contributed by atoms with Gasteiger partial charge in [0.2, 0.25) is 0 Å². The number of thioether (sulfide) groups is 1. The lowest BCUT2D eigenvalue weighted by molar-refractivity contribution is 0.0781. The molecule has 5 heteroatoms. The Kier molecular flexibility index (Phi) is 4.45. The summed E-state index contributed by atoms with van der Waals surface area (Å²) in [6, 6.07) is 15.8. The minimum atomic E-state index is 0.0317. The second kappa shape index (κ2) is 6.50. The normalized spacial score (nSPS) is 10.8. The number of para-hydroxylation sites is 1. The van der Waals surface area contributed by atoms with Crippen molar-refractivity contribution in [2.24, 2.45) is 0 Å². The lowest BCUT2D eigenvalue weighted by atomic mass is 10.2. The Morgan fingerprint density at radius 3 is 2.68 bits per heavy atom. The zero-order valence-electron chi connectivity index (χ0n) is 12.4. The van der Waals surface area contributed by atoms with Crippen molar-refractivity contribution in [1.29, 1.82) is 0 Å². The molecular formula is C17H16N2OS2. The maximum atomic E-state index is 12.6. The summed E-state index contributed by atoms with van der Waals surface area (Å²) < 4.78 is 1.16. The van der Waals surface area contributed by atoms with Crippen LogP contribution >= 0.6 is 23.1 Å². The number of aromatic nitrogens is 1. The van der Waals surface area contributed by atoms with Gasteiger partial charge in [0.1, 0.15) is 5.01 Å². The van der Waals surface area contributed by atoms with Crippen LogP contribution in [0, 0.1) is 0 Å². The number of rotatable bonds is 4. The molecule has 2 aromatic carbocycles. The lowest BCUT2D eigenvalue weighted by Crippen LogP contribution is -2.26. The molecule has 0 radical (unpaired) electrons. The molecule has 1 heterocycles. The van der Waals surface area contributed by atoms with Crippen LogP contribution in [0.1, 0.15) is 15.4 Å². The second-order valence-electron chi connectivity index (χ2n) is 4.94. The minimum absolute atomic E-state index is 0.0317. The van der Waals surface area contributed by atoms with Crippen molar-refractivity contribution in [2.45, 2.75) is 11.4 Å². The van der Waals surface area contributed by atoms with Crippen LogP contribution in [0.3, 0.4) is 0 Å². The summed E-state index contributed by atoms with van der Waals surface area (Å²) in [5.74, 6) is 0.0317. The van der Waals surface area contributed by atoms with Crippen LogP contribution in [-0.2, 0) is 6.54 Å². The van der Waals surface area contributed by atoms with E-state index < -0.39 is 0 Å². The highest BCUT2D eigenvalue weighted by Crippen LogP contribution is 2.24. The van der Waals surface area contributed by atoms with E-state index in [0.717, 1.165) is 25.7 Å². The molecule has 3 aromatic rings. The number of carbonyl (C=O) groups excluding carboxylic acids is 1. The summed E-state index contributed by atoms with van der Waals surface area (Å²) in [6.07, 6.45) is 1.99. The lowest BCUT2D eigenvalue weighted by Gasteiger charge is -2.17. The number of hydrogen-bond acceptors (Lipinski definition) is 4. The fourth-order valence-corrected chi connectivity index (χ4v) is 3.90. The smallest absolute Gasteiger partial charge is 0.255 e. The van der Waals surface area contributed by atoms with Gasteiger partial charge < -0.3 is 4.90 Å². The first-order chi connectivity index (χ1) is 10.7. The van der Waals surface area contributed by atoms with E-state index in [9.17, 15) is 4.79 Å². The molecule has 0 spiro atoms. The van der Waals surface area contributed by atoms with Gasteiger partial charge in [0.15, 0.2) is 0 Å². The van der Waals surface area contributed by atoms with Crippen molar-refractivity contribution in [3.63, 3.8) is 0 Å². The molecule has 0 aliphatic heterocycles. The van der Waals surface area contributed by atoms with E-state index in [1.165, 1.54) is 0 Å². The average Bonchev–Trinajstić information content (AvgIpc) is 2.96. The number of hydrogen-bond donors (Lipinski definition) is 0. The van der Waals surface area contributed by atoms with E-state index in [0.29, 0.717) is 6.54 Å². The first-order valence-electron chi connectivity index (χ1n) is 6.92. The van der Waals surface area contributed by atoms with Crippen molar-refractivity contribution >= 4 is 39.2 Å². The van der Waals surface area contributed by atoms with Crippen molar-refractivity contribution in [3.05, 3.63) is 59.1 Å². The molecule has 0 unspecified atom stereocenters. The van der Waals surface area contributed by atoms with Crippen LogP contribution < -0.4 is 0 Å². The summed E-state index contributed by atoms with van der Waals surface area (Å²) in [7, 11) is 1.82. The largest absolute Gasteiger partial charge is 0.335 e. The van der Waals surface area contributed by atoms with Gasteiger partial charge in [0.05, 0.1) is 22.3 Å². The molecule has 0 saturated heterocycles. The van der Waals surface area contributed by atoms with Gasteiger partial charge in [-0.05, 0) is 30.5 Å². The first-order valence-corrected chi connectivity index (χ1v) is 8.96. The number of amides is 1. The summed E-state index contributed by atoms with van der Waals surface area (Å²) in [6.45, 7) is 0.529. The predicted molar refractivity (Wildman–Crippen MR) is 93.6 cm³/mol. The topological polar surface area (TPSA) is 33.2 Å². The van der Waals surface area contributed by atoms with E-state index in [4.69, 9.17) is 0 Å². The Morgan fingerprint density at radius 1 is 1.18 bits per heavy atom. The Balaban J connectivity index is 1.81. The quantitative estimate of drug-likeness (QED) is 0.670. The zero-order chi connectivity index (χ0) is 15.5. The fourth-order valence-electron chi connectivity index (χ4n) is 2.29. The molecule has 0 aliphatic carbocycles. The number of thiazole rings is 1. The van der Waals surface area contributed by atoms with E-state index in [2.05, 4.69) is 11.1 Å². The maximum Gasteiger partial charge on any atom is 0.255 e. The van der Waals surface area contributed by atoms with Gasteiger partial charge in [-0.15, -0.1) is 23.1 Å². The summed E-state index contributed by atoms with van der Waals surface area (Å²) in [5.41, 5.74) is 1.74. The van der Waals surface area contributed by atoms with Crippen molar-refractivity contribution < 1.29 is 4.79 Å². The first kappa shape index (κ1) is 15.1. The van der Waals surface area contributed by atoms with Crippen LogP contribution in [0.25, 0.3) is 10.2 Å². The molecule has 1 amide bonds. The van der Waals surface area contributed by atoms with Crippen LogP contribution in [0.2, 0.25) is 0 Å². The van der Waals surface area contributed by atoms with Crippen LogP contribution in [0.5, 0.6) is 0 Å². The number of benzene rings is 2. The molecular weight excluding hydrogens is 312 g/mol. The van der Waals surface area contributed by atoms with Gasteiger partial charge in [0.25, 0.3) is 5.91 Å². The van der Waals surface area contributed by atoms with Gasteiger partial charge in [-0.25, -0.2) is 4.98 Å². The molecule has 112 valence electrons. The minimum Gasteiger partial charge on any atom is -0.335 e. The van der Waals surface area contributed by atoms with Crippen LogP contribution in [0.4, 0.5) is 0 Å². The molecule has 0 bridgehead atoms. The van der Waals surface area contributed by atoms with E-state index >= 15 is 0 Å². The van der Waals surface area contributed by atoms with Gasteiger partial charge >= 0.3 is 0 Å². The van der Waals surface area contributed by atoms with Gasteiger partial charge in [-0.2, -0.15) is 0 Å². The molecule has 0 aliphatic rings. The van der Waals surface area contributed by atoms with E-state index in [-0.39, 0.29) is 5.91 Å². The van der Waals surface area contributed by atoms with Gasteiger partial charge in [0, 0.05) is 11.9 Å². The monoisotopic (exact) mass is 328 g/mol. The fraction of sp³-hybridized carbons (Fsp3) is 0.176. The SMILES string of the molecule is CSc1ccccc1C(=O)N(C)Cc1nc2ccccc2s1. The maximum absolute atomic E-state index is 12.6. The van der Waals surface area contributed by atoms with Crippen LogP contribution in [-0.4, -0.2) is 29.1 Å². The molecule has 22 heavy (non-hydrogen) atoms. The highest BCUT2D eigenvalue weighted by atomic mass is 32.2. The molecule has 0 saturated carbocycles. The third-order valence-electron chi connectivity index (χ3n) is 3.39. The Morgan fingerprint density at radius 2 is 1.91 bits per heavy atom. The average molecular weight is 328 g/mol. The second-order valence-corrected chi connectivity index (χ2v) is 6.90. The molecule has 0 fully saturated rings.